The Morgan fingerprint density at radius 1 is 1.35 bits per heavy atom. The van der Waals surface area contributed by atoms with E-state index in [4.69, 9.17) is 5.11 Å². The molecule has 1 saturated heterocycles. The summed E-state index contributed by atoms with van der Waals surface area (Å²) in [5, 5.41) is 9.04. The van der Waals surface area contributed by atoms with Crippen LogP contribution < -0.4 is 0 Å². The van der Waals surface area contributed by atoms with Gasteiger partial charge in [0.1, 0.15) is 0 Å². The van der Waals surface area contributed by atoms with Crippen molar-refractivity contribution in [1.82, 2.24) is 4.90 Å². The Morgan fingerprint density at radius 2 is 1.88 bits per heavy atom. The lowest BCUT2D eigenvalue weighted by molar-refractivity contribution is -0.138. The Morgan fingerprint density at radius 3 is 2.29 bits per heavy atom. The van der Waals surface area contributed by atoms with Crippen molar-refractivity contribution in [2.45, 2.75) is 59.4 Å². The molecule has 1 N–H and O–H groups in total. The standard InChI is InChI=1S/C14H27NO2/c1-11-5-7-15(8-6-11)12(9-13(16)17)10-14(2,3)4/h11-12H,5-10H2,1-4H3,(H,16,17). The zero-order valence-corrected chi connectivity index (χ0v) is 11.7. The molecule has 3 heteroatoms. The molecule has 0 aliphatic carbocycles. The summed E-state index contributed by atoms with van der Waals surface area (Å²) < 4.78 is 0. The van der Waals surface area contributed by atoms with Crippen molar-refractivity contribution in [1.29, 1.82) is 0 Å². The van der Waals surface area contributed by atoms with Crippen molar-refractivity contribution in [2.24, 2.45) is 11.3 Å². The summed E-state index contributed by atoms with van der Waals surface area (Å²) in [6.07, 6.45) is 3.67. The smallest absolute Gasteiger partial charge is 0.304 e. The Balaban J connectivity index is 2.59. The molecule has 1 aliphatic rings. The van der Waals surface area contributed by atoms with E-state index in [2.05, 4.69) is 32.6 Å². The predicted octanol–water partition coefficient (Wildman–Crippen LogP) is 3.00. The molecule has 1 rings (SSSR count). The molecule has 3 nitrogen and oxygen atoms in total. The zero-order valence-electron chi connectivity index (χ0n) is 11.7. The molecule has 0 amide bonds. The molecular weight excluding hydrogens is 214 g/mol. The minimum Gasteiger partial charge on any atom is -0.481 e. The molecule has 0 radical (unpaired) electrons. The number of carboxylic acid groups (broad SMARTS) is 1. The third-order valence-corrected chi connectivity index (χ3v) is 3.59. The number of aliphatic carboxylic acids is 1. The fraction of sp³-hybridized carbons (Fsp3) is 0.929. The summed E-state index contributed by atoms with van der Waals surface area (Å²) in [6, 6.07) is 0.208. The molecule has 0 saturated carbocycles. The average molecular weight is 241 g/mol. The lowest BCUT2D eigenvalue weighted by Gasteiger charge is -2.38. The monoisotopic (exact) mass is 241 g/mol. The third-order valence-electron chi connectivity index (χ3n) is 3.59. The lowest BCUT2D eigenvalue weighted by Crippen LogP contribution is -2.43. The van der Waals surface area contributed by atoms with Gasteiger partial charge in [0.25, 0.3) is 0 Å². The summed E-state index contributed by atoms with van der Waals surface area (Å²) in [5.41, 5.74) is 0.198. The van der Waals surface area contributed by atoms with Crippen molar-refractivity contribution in [2.75, 3.05) is 13.1 Å². The van der Waals surface area contributed by atoms with Crippen LogP contribution in [0, 0.1) is 11.3 Å². The van der Waals surface area contributed by atoms with E-state index >= 15 is 0 Å². The normalized spacial score (nSPS) is 21.4. The van der Waals surface area contributed by atoms with Gasteiger partial charge < -0.3 is 5.11 Å². The summed E-state index contributed by atoms with van der Waals surface area (Å²) >= 11 is 0. The van der Waals surface area contributed by atoms with Crippen LogP contribution >= 0.6 is 0 Å². The molecule has 1 atom stereocenters. The molecule has 1 unspecified atom stereocenters. The molecule has 0 aromatic heterocycles. The van der Waals surface area contributed by atoms with Crippen LogP contribution in [0.25, 0.3) is 0 Å². The van der Waals surface area contributed by atoms with E-state index in [9.17, 15) is 4.79 Å². The van der Waals surface area contributed by atoms with Gasteiger partial charge in [-0.05, 0) is 43.7 Å². The molecule has 1 aliphatic heterocycles. The van der Waals surface area contributed by atoms with Crippen LogP contribution in [-0.2, 0) is 4.79 Å². The van der Waals surface area contributed by atoms with Gasteiger partial charge in [-0.15, -0.1) is 0 Å². The molecule has 1 heterocycles. The van der Waals surface area contributed by atoms with Crippen LogP contribution in [-0.4, -0.2) is 35.1 Å². The van der Waals surface area contributed by atoms with Crippen molar-refractivity contribution in [3.63, 3.8) is 0 Å². The summed E-state index contributed by atoms with van der Waals surface area (Å²) in [7, 11) is 0. The van der Waals surface area contributed by atoms with Crippen molar-refractivity contribution < 1.29 is 9.90 Å². The summed E-state index contributed by atoms with van der Waals surface area (Å²) in [5.74, 6) is 0.129. The molecule has 0 spiro atoms. The second-order valence-corrected chi connectivity index (χ2v) is 6.73. The number of piperidine rings is 1. The van der Waals surface area contributed by atoms with Crippen molar-refractivity contribution >= 4 is 5.97 Å². The highest BCUT2D eigenvalue weighted by Crippen LogP contribution is 2.28. The first kappa shape index (κ1) is 14.5. The van der Waals surface area contributed by atoms with Crippen molar-refractivity contribution in [3.8, 4) is 0 Å². The number of rotatable bonds is 4. The average Bonchev–Trinajstić information content (AvgIpc) is 2.14. The van der Waals surface area contributed by atoms with Gasteiger partial charge in [-0.25, -0.2) is 0 Å². The fourth-order valence-corrected chi connectivity index (χ4v) is 2.63. The Kier molecular flexibility index (Phi) is 4.99. The highest BCUT2D eigenvalue weighted by Gasteiger charge is 2.28. The first-order valence-corrected chi connectivity index (χ1v) is 6.74. The number of hydrogen-bond acceptors (Lipinski definition) is 2. The Bertz CT molecular complexity index is 249. The van der Waals surface area contributed by atoms with Gasteiger partial charge in [-0.3, -0.25) is 9.69 Å². The third kappa shape index (κ3) is 5.53. The quantitative estimate of drug-likeness (QED) is 0.822. The van der Waals surface area contributed by atoms with Gasteiger partial charge >= 0.3 is 5.97 Å². The van der Waals surface area contributed by atoms with E-state index in [0.29, 0.717) is 0 Å². The van der Waals surface area contributed by atoms with E-state index < -0.39 is 5.97 Å². The maximum atomic E-state index is 11.0. The van der Waals surface area contributed by atoms with E-state index in [1.54, 1.807) is 0 Å². The molecule has 0 aromatic rings. The Labute approximate surface area is 105 Å². The van der Waals surface area contributed by atoms with Crippen LogP contribution in [0.15, 0.2) is 0 Å². The predicted molar refractivity (Wildman–Crippen MR) is 70.1 cm³/mol. The van der Waals surface area contributed by atoms with Gasteiger partial charge in [0.15, 0.2) is 0 Å². The van der Waals surface area contributed by atoms with Gasteiger partial charge in [-0.1, -0.05) is 27.7 Å². The van der Waals surface area contributed by atoms with E-state index in [-0.39, 0.29) is 17.9 Å². The number of carboxylic acids is 1. The number of nitrogens with zero attached hydrogens (tertiary/aromatic N) is 1. The van der Waals surface area contributed by atoms with Gasteiger partial charge in [0.2, 0.25) is 0 Å². The fourth-order valence-electron chi connectivity index (χ4n) is 2.63. The molecule has 0 bridgehead atoms. The second kappa shape index (κ2) is 5.85. The number of carbonyl (C=O) groups is 1. The first-order valence-electron chi connectivity index (χ1n) is 6.74. The van der Waals surface area contributed by atoms with E-state index in [0.717, 1.165) is 25.4 Å². The molecule has 0 aromatic carbocycles. The van der Waals surface area contributed by atoms with Crippen molar-refractivity contribution in [3.05, 3.63) is 0 Å². The lowest BCUT2D eigenvalue weighted by atomic mass is 9.85. The zero-order chi connectivity index (χ0) is 13.1. The summed E-state index contributed by atoms with van der Waals surface area (Å²) in [4.78, 5) is 13.4. The minimum absolute atomic E-state index is 0.198. The largest absolute Gasteiger partial charge is 0.481 e. The maximum absolute atomic E-state index is 11.0. The topological polar surface area (TPSA) is 40.5 Å². The van der Waals surface area contributed by atoms with E-state index in [1.807, 2.05) is 0 Å². The first-order chi connectivity index (χ1) is 7.78. The molecule has 17 heavy (non-hydrogen) atoms. The maximum Gasteiger partial charge on any atom is 0.304 e. The molecule has 1 fully saturated rings. The second-order valence-electron chi connectivity index (χ2n) is 6.73. The molecular formula is C14H27NO2. The van der Waals surface area contributed by atoms with Crippen LogP contribution in [0.4, 0.5) is 0 Å². The van der Waals surface area contributed by atoms with Gasteiger partial charge in [-0.2, -0.15) is 0 Å². The van der Waals surface area contributed by atoms with Gasteiger partial charge in [0.05, 0.1) is 6.42 Å². The summed E-state index contributed by atoms with van der Waals surface area (Å²) in [6.45, 7) is 11.0. The van der Waals surface area contributed by atoms with E-state index in [1.165, 1.54) is 12.8 Å². The van der Waals surface area contributed by atoms with Gasteiger partial charge in [0, 0.05) is 6.04 Å². The minimum atomic E-state index is -0.669. The van der Waals surface area contributed by atoms with Crippen LogP contribution in [0.2, 0.25) is 0 Å². The van der Waals surface area contributed by atoms with Crippen LogP contribution in [0.1, 0.15) is 53.4 Å². The number of hydrogen-bond donors (Lipinski definition) is 1. The van der Waals surface area contributed by atoms with Crippen LogP contribution in [0.3, 0.4) is 0 Å². The highest BCUT2D eigenvalue weighted by molar-refractivity contribution is 5.67. The van der Waals surface area contributed by atoms with Crippen LogP contribution in [0.5, 0.6) is 0 Å². The number of likely N-dealkylation sites (tertiary alicyclic amines) is 1. The Hall–Kier alpha value is -0.570. The SMILES string of the molecule is CC1CCN(C(CC(=O)O)CC(C)(C)C)CC1. The molecule has 100 valence electrons. The highest BCUT2D eigenvalue weighted by atomic mass is 16.4.